The molecule has 0 spiro atoms. The Morgan fingerprint density at radius 3 is 2.55 bits per heavy atom. The predicted octanol–water partition coefficient (Wildman–Crippen LogP) is 2.99. The van der Waals surface area contributed by atoms with E-state index >= 15 is 0 Å². The summed E-state index contributed by atoms with van der Waals surface area (Å²) in [4.78, 5) is 0.195. The fourth-order valence-electron chi connectivity index (χ4n) is 2.39. The summed E-state index contributed by atoms with van der Waals surface area (Å²) >= 11 is 5.89. The number of hydrogen-bond acceptors (Lipinski definition) is 3. The van der Waals surface area contributed by atoms with Crippen LogP contribution < -0.4 is 0 Å². The molecule has 0 N–H and O–H groups in total. The van der Waals surface area contributed by atoms with E-state index in [1.807, 2.05) is 25.5 Å². The number of aryl methyl sites for hydroxylation is 2. The van der Waals surface area contributed by atoms with Crippen LogP contribution in [0.25, 0.3) is 0 Å². The maximum Gasteiger partial charge on any atom is 0.243 e. The van der Waals surface area contributed by atoms with Gasteiger partial charge in [0, 0.05) is 36.4 Å². The van der Waals surface area contributed by atoms with E-state index in [0.29, 0.717) is 5.02 Å². The van der Waals surface area contributed by atoms with Crippen LogP contribution in [0.3, 0.4) is 0 Å². The molecule has 7 heteroatoms. The van der Waals surface area contributed by atoms with Crippen LogP contribution in [0.5, 0.6) is 0 Å². The highest BCUT2D eigenvalue weighted by Crippen LogP contribution is 2.22. The summed E-state index contributed by atoms with van der Waals surface area (Å²) in [5.74, 6) is 0. The predicted molar refractivity (Wildman–Crippen MR) is 87.5 cm³/mol. The number of aromatic nitrogens is 2. The summed E-state index contributed by atoms with van der Waals surface area (Å²) < 4.78 is 28.5. The van der Waals surface area contributed by atoms with Gasteiger partial charge in [-0.25, -0.2) is 8.42 Å². The average Bonchev–Trinajstić information content (AvgIpc) is 2.74. The van der Waals surface area contributed by atoms with Gasteiger partial charge in [0.05, 0.1) is 10.6 Å². The Labute approximate surface area is 136 Å². The normalized spacial score (nSPS) is 12.1. The third-order valence-corrected chi connectivity index (χ3v) is 5.75. The summed E-state index contributed by atoms with van der Waals surface area (Å²) in [6.07, 6.45) is 0. The first-order chi connectivity index (χ1) is 10.3. The molecule has 2 rings (SSSR count). The lowest BCUT2D eigenvalue weighted by molar-refractivity contribution is 0.465. The van der Waals surface area contributed by atoms with E-state index in [4.69, 9.17) is 11.6 Å². The molecule has 22 heavy (non-hydrogen) atoms. The SMILES string of the molecule is CCn1nc(C)c(CN(C)S(=O)(=O)c2cccc(Cl)c2)c1C. The first-order valence-electron chi connectivity index (χ1n) is 7.02. The number of sulfonamides is 1. The molecular weight excluding hydrogens is 322 g/mol. The van der Waals surface area contributed by atoms with Gasteiger partial charge >= 0.3 is 0 Å². The largest absolute Gasteiger partial charge is 0.270 e. The van der Waals surface area contributed by atoms with E-state index < -0.39 is 10.0 Å². The molecule has 0 radical (unpaired) electrons. The topological polar surface area (TPSA) is 55.2 Å². The van der Waals surface area contributed by atoms with E-state index in [-0.39, 0.29) is 11.4 Å². The Morgan fingerprint density at radius 1 is 1.32 bits per heavy atom. The maximum absolute atomic E-state index is 12.6. The fourth-order valence-corrected chi connectivity index (χ4v) is 3.83. The van der Waals surface area contributed by atoms with Crippen LogP contribution in [0.2, 0.25) is 5.02 Å². The highest BCUT2D eigenvalue weighted by Gasteiger charge is 2.23. The van der Waals surface area contributed by atoms with Crippen LogP contribution in [-0.4, -0.2) is 29.6 Å². The Morgan fingerprint density at radius 2 is 2.00 bits per heavy atom. The Hall–Kier alpha value is -1.37. The van der Waals surface area contributed by atoms with Crippen LogP contribution in [-0.2, 0) is 23.1 Å². The lowest BCUT2D eigenvalue weighted by Gasteiger charge is -2.17. The molecule has 120 valence electrons. The van der Waals surface area contributed by atoms with Crippen molar-refractivity contribution in [3.63, 3.8) is 0 Å². The van der Waals surface area contributed by atoms with Gasteiger partial charge in [0.25, 0.3) is 0 Å². The monoisotopic (exact) mass is 341 g/mol. The van der Waals surface area contributed by atoms with E-state index in [1.54, 1.807) is 25.2 Å². The van der Waals surface area contributed by atoms with Crippen molar-refractivity contribution in [2.75, 3.05) is 7.05 Å². The zero-order valence-corrected chi connectivity index (χ0v) is 14.7. The fraction of sp³-hybridized carbons (Fsp3) is 0.400. The third kappa shape index (κ3) is 3.19. The van der Waals surface area contributed by atoms with Crippen molar-refractivity contribution in [1.29, 1.82) is 0 Å². The minimum atomic E-state index is -3.58. The molecule has 0 saturated heterocycles. The van der Waals surface area contributed by atoms with E-state index in [9.17, 15) is 8.42 Å². The van der Waals surface area contributed by atoms with Gasteiger partial charge in [-0.1, -0.05) is 17.7 Å². The number of halogens is 1. The molecule has 2 aromatic rings. The molecule has 0 atom stereocenters. The summed E-state index contributed by atoms with van der Waals surface area (Å²) in [5, 5.41) is 4.83. The van der Waals surface area contributed by atoms with Crippen molar-refractivity contribution in [1.82, 2.24) is 14.1 Å². The summed E-state index contributed by atoms with van der Waals surface area (Å²) in [5.41, 5.74) is 2.79. The molecule has 0 unspecified atom stereocenters. The number of rotatable bonds is 5. The molecule has 0 aliphatic carbocycles. The van der Waals surface area contributed by atoms with Crippen molar-refractivity contribution < 1.29 is 8.42 Å². The van der Waals surface area contributed by atoms with E-state index in [0.717, 1.165) is 23.5 Å². The molecule has 1 aromatic heterocycles. The van der Waals surface area contributed by atoms with Crippen molar-refractivity contribution in [2.45, 2.75) is 38.8 Å². The van der Waals surface area contributed by atoms with Crippen LogP contribution in [0.4, 0.5) is 0 Å². The minimum absolute atomic E-state index is 0.195. The average molecular weight is 342 g/mol. The minimum Gasteiger partial charge on any atom is -0.270 e. The van der Waals surface area contributed by atoms with Gasteiger partial charge in [0.2, 0.25) is 10.0 Å². The summed E-state index contributed by atoms with van der Waals surface area (Å²) in [6, 6.07) is 6.30. The van der Waals surface area contributed by atoms with E-state index in [2.05, 4.69) is 5.10 Å². The smallest absolute Gasteiger partial charge is 0.243 e. The standard InChI is InChI=1S/C15H20ClN3O2S/c1-5-19-12(3)15(11(2)17-19)10-18(4)22(20,21)14-8-6-7-13(16)9-14/h6-9H,5,10H2,1-4H3. The van der Waals surface area contributed by atoms with Crippen LogP contribution in [0.1, 0.15) is 23.9 Å². The van der Waals surface area contributed by atoms with Gasteiger partial charge in [-0.2, -0.15) is 9.40 Å². The summed E-state index contributed by atoms with van der Waals surface area (Å²) in [7, 11) is -2.01. The number of hydrogen-bond donors (Lipinski definition) is 0. The zero-order valence-electron chi connectivity index (χ0n) is 13.2. The third-order valence-electron chi connectivity index (χ3n) is 3.72. The maximum atomic E-state index is 12.6. The van der Waals surface area contributed by atoms with Crippen LogP contribution >= 0.6 is 11.6 Å². The lowest BCUT2D eigenvalue weighted by atomic mass is 10.2. The van der Waals surface area contributed by atoms with Crippen molar-refractivity contribution in [2.24, 2.45) is 0 Å². The quantitative estimate of drug-likeness (QED) is 0.840. The molecule has 0 saturated carbocycles. The second-order valence-electron chi connectivity index (χ2n) is 5.18. The van der Waals surface area contributed by atoms with Crippen molar-refractivity contribution >= 4 is 21.6 Å². The second-order valence-corrected chi connectivity index (χ2v) is 7.66. The second kappa shape index (κ2) is 6.40. The number of benzene rings is 1. The van der Waals surface area contributed by atoms with Gasteiger partial charge in [-0.3, -0.25) is 4.68 Å². The van der Waals surface area contributed by atoms with Gasteiger partial charge in [0.15, 0.2) is 0 Å². The summed E-state index contributed by atoms with van der Waals surface area (Å²) in [6.45, 7) is 6.91. The Bertz CT molecular complexity index is 784. The molecule has 1 aromatic carbocycles. The highest BCUT2D eigenvalue weighted by atomic mass is 35.5. The van der Waals surface area contributed by atoms with Crippen molar-refractivity contribution in [3.8, 4) is 0 Å². The molecule has 0 fully saturated rings. The highest BCUT2D eigenvalue weighted by molar-refractivity contribution is 7.89. The first kappa shape index (κ1) is 17.0. The number of nitrogens with zero attached hydrogens (tertiary/aromatic N) is 3. The first-order valence-corrected chi connectivity index (χ1v) is 8.84. The molecule has 0 aliphatic rings. The van der Waals surface area contributed by atoms with Crippen LogP contribution in [0, 0.1) is 13.8 Å². The van der Waals surface area contributed by atoms with Gasteiger partial charge < -0.3 is 0 Å². The van der Waals surface area contributed by atoms with Crippen molar-refractivity contribution in [3.05, 3.63) is 46.2 Å². The molecule has 0 aliphatic heterocycles. The molecule has 1 heterocycles. The zero-order chi connectivity index (χ0) is 16.5. The molecule has 5 nitrogen and oxygen atoms in total. The van der Waals surface area contributed by atoms with Crippen LogP contribution in [0.15, 0.2) is 29.2 Å². The van der Waals surface area contributed by atoms with Gasteiger partial charge in [0.1, 0.15) is 0 Å². The molecule has 0 bridgehead atoms. The Kier molecular flexibility index (Phi) is 4.94. The lowest BCUT2D eigenvalue weighted by Crippen LogP contribution is -2.27. The van der Waals surface area contributed by atoms with Gasteiger partial charge in [-0.15, -0.1) is 0 Å². The molecular formula is C15H20ClN3O2S. The van der Waals surface area contributed by atoms with Gasteiger partial charge in [-0.05, 0) is 39.0 Å². The Balaban J connectivity index is 2.33. The van der Waals surface area contributed by atoms with E-state index in [1.165, 1.54) is 10.4 Å². The molecule has 0 amide bonds.